The fourth-order valence-corrected chi connectivity index (χ4v) is 4.62. The third-order valence-corrected chi connectivity index (χ3v) is 7.22. The van der Waals surface area contributed by atoms with E-state index >= 15 is 0 Å². The summed E-state index contributed by atoms with van der Waals surface area (Å²) in [5.41, 5.74) is 12.7. The second kappa shape index (κ2) is 12.9. The summed E-state index contributed by atoms with van der Waals surface area (Å²) in [6.07, 6.45) is 0.340. The SMILES string of the molecule is CN([C@@H](CCc1ccc(O)cc1)C(=O)O)S(=O)(=O)NCc1ccc(OC(=O)c2ccc(N=C(N)N)cc2)cc1. The lowest BCUT2D eigenvalue weighted by Crippen LogP contribution is -2.47. The highest BCUT2D eigenvalue weighted by Gasteiger charge is 2.31. The second-order valence-electron chi connectivity index (χ2n) is 8.52. The number of hydrogen-bond acceptors (Lipinski definition) is 7. The van der Waals surface area contributed by atoms with Gasteiger partial charge in [-0.15, -0.1) is 0 Å². The van der Waals surface area contributed by atoms with Gasteiger partial charge in [0, 0.05) is 13.6 Å². The molecular formula is C26H29N5O7S. The average molecular weight is 556 g/mol. The van der Waals surface area contributed by atoms with Crippen LogP contribution in [0.2, 0.25) is 0 Å². The van der Waals surface area contributed by atoms with E-state index < -0.39 is 28.2 Å². The largest absolute Gasteiger partial charge is 0.508 e. The Labute approximate surface area is 225 Å². The minimum atomic E-state index is -4.14. The van der Waals surface area contributed by atoms with Gasteiger partial charge in [-0.1, -0.05) is 24.3 Å². The molecule has 0 aromatic heterocycles. The minimum absolute atomic E-state index is 0.0363. The van der Waals surface area contributed by atoms with Crippen LogP contribution in [0.4, 0.5) is 5.69 Å². The Morgan fingerprint density at radius 2 is 1.56 bits per heavy atom. The molecule has 0 aliphatic rings. The molecule has 3 aromatic carbocycles. The maximum absolute atomic E-state index is 12.8. The zero-order valence-electron chi connectivity index (χ0n) is 21.0. The van der Waals surface area contributed by atoms with Crippen molar-refractivity contribution in [1.29, 1.82) is 0 Å². The number of phenolic OH excluding ortho intramolecular Hbond substituents is 1. The van der Waals surface area contributed by atoms with Crippen LogP contribution in [0.3, 0.4) is 0 Å². The maximum atomic E-state index is 12.8. The van der Waals surface area contributed by atoms with Gasteiger partial charge in [0.2, 0.25) is 0 Å². The summed E-state index contributed by atoms with van der Waals surface area (Å²) in [4.78, 5) is 28.0. The number of likely N-dealkylation sites (N-methyl/N-ethyl adjacent to an activating group) is 1. The molecule has 0 fully saturated rings. The Balaban J connectivity index is 1.56. The van der Waals surface area contributed by atoms with Gasteiger partial charge in [-0.25, -0.2) is 9.79 Å². The number of nitrogens with two attached hydrogens (primary N) is 2. The van der Waals surface area contributed by atoms with Crippen molar-refractivity contribution in [3.63, 3.8) is 0 Å². The van der Waals surface area contributed by atoms with Crippen LogP contribution in [-0.2, 0) is 28.0 Å². The summed E-state index contributed by atoms with van der Waals surface area (Å²) in [7, 11) is -2.94. The molecule has 3 aromatic rings. The van der Waals surface area contributed by atoms with Crippen LogP contribution in [0, 0.1) is 0 Å². The molecule has 0 bridgehead atoms. The van der Waals surface area contributed by atoms with Gasteiger partial charge < -0.3 is 26.4 Å². The molecule has 206 valence electrons. The van der Waals surface area contributed by atoms with E-state index in [0.29, 0.717) is 17.7 Å². The van der Waals surface area contributed by atoms with Crippen LogP contribution >= 0.6 is 0 Å². The summed E-state index contributed by atoms with van der Waals surface area (Å²) in [6, 6.07) is 17.3. The van der Waals surface area contributed by atoms with E-state index in [-0.39, 0.29) is 36.0 Å². The number of phenols is 1. The first-order valence-electron chi connectivity index (χ1n) is 11.7. The van der Waals surface area contributed by atoms with E-state index in [1.807, 2.05) is 0 Å². The normalized spacial score (nSPS) is 12.1. The zero-order valence-corrected chi connectivity index (χ0v) is 21.8. The third kappa shape index (κ3) is 8.53. The highest BCUT2D eigenvalue weighted by atomic mass is 32.2. The summed E-state index contributed by atoms with van der Waals surface area (Å²) in [5, 5.41) is 19.0. The number of hydrogen-bond donors (Lipinski definition) is 5. The van der Waals surface area contributed by atoms with E-state index in [2.05, 4.69) is 9.71 Å². The molecule has 0 spiro atoms. The Morgan fingerprint density at radius 1 is 0.974 bits per heavy atom. The number of aromatic hydroxyl groups is 1. The van der Waals surface area contributed by atoms with E-state index in [1.54, 1.807) is 36.4 Å². The molecule has 0 radical (unpaired) electrons. The molecule has 0 saturated heterocycles. The molecule has 13 heteroatoms. The van der Waals surface area contributed by atoms with Gasteiger partial charge in [0.05, 0.1) is 11.3 Å². The molecule has 1 atom stereocenters. The number of carbonyl (C=O) groups excluding carboxylic acids is 1. The maximum Gasteiger partial charge on any atom is 0.343 e. The minimum Gasteiger partial charge on any atom is -0.508 e. The number of aryl methyl sites for hydroxylation is 1. The lowest BCUT2D eigenvalue weighted by atomic mass is 10.1. The van der Waals surface area contributed by atoms with Gasteiger partial charge in [0.15, 0.2) is 5.96 Å². The van der Waals surface area contributed by atoms with Crippen LogP contribution in [0.25, 0.3) is 0 Å². The summed E-state index contributed by atoms with van der Waals surface area (Å²) < 4.78 is 34.1. The van der Waals surface area contributed by atoms with Crippen molar-refractivity contribution >= 4 is 33.8 Å². The van der Waals surface area contributed by atoms with Gasteiger partial charge in [-0.3, -0.25) is 4.79 Å². The molecule has 0 unspecified atom stereocenters. The Kier molecular flexibility index (Phi) is 9.60. The second-order valence-corrected chi connectivity index (χ2v) is 10.3. The van der Waals surface area contributed by atoms with E-state index in [4.69, 9.17) is 16.2 Å². The Morgan fingerprint density at radius 3 is 2.13 bits per heavy atom. The molecule has 7 N–H and O–H groups in total. The standard InChI is InChI=1S/C26H29N5O7S/c1-31(23(24(33)34)15-6-17-2-11-21(32)12-3-17)39(36,37)29-16-18-4-13-22(14-5-18)38-25(35)19-7-9-20(10-8-19)30-26(27)28/h2-5,7-14,23,29,32H,6,15-16H2,1H3,(H,33,34)(H4,27,28,30)/t23-/m0/s1. The predicted octanol–water partition coefficient (Wildman–Crippen LogP) is 1.87. The first-order valence-corrected chi connectivity index (χ1v) is 13.1. The fourth-order valence-electron chi connectivity index (χ4n) is 3.53. The number of benzene rings is 3. The van der Waals surface area contributed by atoms with E-state index in [9.17, 15) is 28.2 Å². The molecular weight excluding hydrogens is 526 g/mol. The van der Waals surface area contributed by atoms with Crippen LogP contribution < -0.4 is 20.9 Å². The third-order valence-electron chi connectivity index (χ3n) is 5.70. The molecule has 0 amide bonds. The molecule has 39 heavy (non-hydrogen) atoms. The Bertz CT molecular complexity index is 1420. The molecule has 0 heterocycles. The summed E-state index contributed by atoms with van der Waals surface area (Å²) >= 11 is 0. The summed E-state index contributed by atoms with van der Waals surface area (Å²) in [6.45, 7) is -0.114. The molecule has 0 aliphatic carbocycles. The lowest BCUT2D eigenvalue weighted by Gasteiger charge is -2.24. The Hall–Kier alpha value is -4.46. The molecule has 3 rings (SSSR count). The van der Waals surface area contributed by atoms with Crippen molar-refractivity contribution in [3.05, 3.63) is 89.5 Å². The number of carboxylic acids is 1. The number of carbonyl (C=O) groups is 2. The zero-order chi connectivity index (χ0) is 28.6. The number of rotatable bonds is 12. The first-order chi connectivity index (χ1) is 18.4. The number of aliphatic imine (C=N–C) groups is 1. The number of nitrogens with zero attached hydrogens (tertiary/aromatic N) is 2. The van der Waals surface area contributed by atoms with Gasteiger partial charge in [0.1, 0.15) is 17.5 Å². The molecule has 0 saturated carbocycles. The molecule has 12 nitrogen and oxygen atoms in total. The highest BCUT2D eigenvalue weighted by molar-refractivity contribution is 7.87. The average Bonchev–Trinajstić information content (AvgIpc) is 2.89. The van der Waals surface area contributed by atoms with Crippen molar-refractivity contribution in [2.45, 2.75) is 25.4 Å². The van der Waals surface area contributed by atoms with Crippen molar-refractivity contribution in [2.75, 3.05) is 7.05 Å². The van der Waals surface area contributed by atoms with Crippen LogP contribution in [0.15, 0.2) is 77.8 Å². The first kappa shape index (κ1) is 29.1. The number of nitrogens with one attached hydrogen (secondary N) is 1. The number of aliphatic carboxylic acids is 1. The van der Waals surface area contributed by atoms with E-state index in [0.717, 1.165) is 9.87 Å². The van der Waals surface area contributed by atoms with Gasteiger partial charge in [-0.2, -0.15) is 17.4 Å². The van der Waals surface area contributed by atoms with Crippen molar-refractivity contribution in [1.82, 2.24) is 9.03 Å². The van der Waals surface area contributed by atoms with Crippen molar-refractivity contribution in [3.8, 4) is 11.5 Å². The van der Waals surface area contributed by atoms with Crippen molar-refractivity contribution < 1.29 is 33.0 Å². The quantitative estimate of drug-likeness (QED) is 0.0958. The van der Waals surface area contributed by atoms with Crippen LogP contribution in [0.5, 0.6) is 11.5 Å². The van der Waals surface area contributed by atoms with Gasteiger partial charge in [0.25, 0.3) is 10.2 Å². The topological polar surface area (TPSA) is 198 Å². The number of ether oxygens (including phenoxy) is 1. The number of guanidine groups is 1. The monoisotopic (exact) mass is 555 g/mol. The smallest absolute Gasteiger partial charge is 0.343 e. The summed E-state index contributed by atoms with van der Waals surface area (Å²) in [5.74, 6) is -1.66. The lowest BCUT2D eigenvalue weighted by molar-refractivity contribution is -0.141. The fraction of sp³-hybridized carbons (Fsp3) is 0.192. The predicted molar refractivity (Wildman–Crippen MR) is 145 cm³/mol. The van der Waals surface area contributed by atoms with Gasteiger partial charge >= 0.3 is 11.9 Å². The van der Waals surface area contributed by atoms with Gasteiger partial charge in [-0.05, 0) is 72.5 Å². The van der Waals surface area contributed by atoms with Crippen LogP contribution in [0.1, 0.15) is 27.9 Å². The number of esters is 1. The molecule has 0 aliphatic heterocycles. The van der Waals surface area contributed by atoms with Crippen LogP contribution in [-0.4, -0.2) is 53.9 Å². The van der Waals surface area contributed by atoms with E-state index in [1.165, 1.54) is 43.4 Å². The highest BCUT2D eigenvalue weighted by Crippen LogP contribution is 2.18. The van der Waals surface area contributed by atoms with Crippen molar-refractivity contribution in [2.24, 2.45) is 16.5 Å². The number of carboxylic acid groups (broad SMARTS) is 1.